The summed E-state index contributed by atoms with van der Waals surface area (Å²) in [6, 6.07) is 0. The second-order valence-electron chi connectivity index (χ2n) is 4.56. The lowest BCUT2D eigenvalue weighted by atomic mass is 9.83. The Morgan fingerprint density at radius 3 is 2.14 bits per heavy atom. The van der Waals surface area contributed by atoms with E-state index in [1.54, 1.807) is 0 Å². The van der Waals surface area contributed by atoms with Crippen molar-refractivity contribution < 1.29 is 5.11 Å². The number of hydrogen-bond acceptors (Lipinski definition) is 2. The van der Waals surface area contributed by atoms with E-state index in [2.05, 4.69) is 20.8 Å². The highest BCUT2D eigenvalue weighted by atomic mass is 16.3. The molecule has 0 aliphatic carbocycles. The minimum Gasteiger partial charge on any atom is -0.390 e. The van der Waals surface area contributed by atoms with Gasteiger partial charge in [-0.15, -0.1) is 0 Å². The van der Waals surface area contributed by atoms with E-state index >= 15 is 0 Å². The van der Waals surface area contributed by atoms with Gasteiger partial charge in [0.15, 0.2) is 0 Å². The molecule has 0 aliphatic rings. The van der Waals surface area contributed by atoms with Crippen molar-refractivity contribution in [1.82, 2.24) is 0 Å². The molecule has 0 spiro atoms. The van der Waals surface area contributed by atoms with Crippen molar-refractivity contribution in [3.05, 3.63) is 0 Å². The summed E-state index contributed by atoms with van der Waals surface area (Å²) in [5.41, 5.74) is 4.98. The van der Waals surface area contributed by atoms with Gasteiger partial charge in [0.2, 0.25) is 0 Å². The summed E-state index contributed by atoms with van der Waals surface area (Å²) in [4.78, 5) is 0. The second-order valence-corrected chi connectivity index (χ2v) is 4.56. The maximum Gasteiger partial charge on any atom is 0.0668 e. The Morgan fingerprint density at radius 2 is 1.71 bits per heavy atom. The highest BCUT2D eigenvalue weighted by Crippen LogP contribution is 2.27. The Morgan fingerprint density at radius 1 is 1.14 bits per heavy atom. The lowest BCUT2D eigenvalue weighted by molar-refractivity contribution is -0.0186. The first-order chi connectivity index (χ1) is 6.56. The Kier molecular flexibility index (Phi) is 7.20. The van der Waals surface area contributed by atoms with Crippen LogP contribution in [0, 0.1) is 5.92 Å². The zero-order valence-corrected chi connectivity index (χ0v) is 10.1. The van der Waals surface area contributed by atoms with Crippen LogP contribution in [0.15, 0.2) is 0 Å². The van der Waals surface area contributed by atoms with Gasteiger partial charge in [0, 0.05) is 0 Å². The molecule has 0 aromatic heterocycles. The summed E-state index contributed by atoms with van der Waals surface area (Å²) in [6.07, 6.45) is 6.45. The summed E-state index contributed by atoms with van der Waals surface area (Å²) in [7, 11) is 0. The fourth-order valence-electron chi connectivity index (χ4n) is 1.80. The first-order valence-corrected chi connectivity index (χ1v) is 5.99. The fourth-order valence-corrected chi connectivity index (χ4v) is 1.80. The standard InChI is InChI=1S/C12H27NO/c1-4-12(14,11(2)3)9-7-5-6-8-10-13/h11,14H,4-10,13H2,1-3H3. The van der Waals surface area contributed by atoms with Gasteiger partial charge in [-0.2, -0.15) is 0 Å². The van der Waals surface area contributed by atoms with Crippen molar-refractivity contribution >= 4 is 0 Å². The molecule has 0 fully saturated rings. The van der Waals surface area contributed by atoms with Crippen molar-refractivity contribution in [1.29, 1.82) is 0 Å². The van der Waals surface area contributed by atoms with Crippen LogP contribution in [0.3, 0.4) is 0 Å². The van der Waals surface area contributed by atoms with E-state index in [-0.39, 0.29) is 0 Å². The van der Waals surface area contributed by atoms with E-state index in [9.17, 15) is 5.11 Å². The third-order valence-corrected chi connectivity index (χ3v) is 3.25. The Hall–Kier alpha value is -0.0800. The quantitative estimate of drug-likeness (QED) is 0.593. The van der Waals surface area contributed by atoms with Gasteiger partial charge in [0.25, 0.3) is 0 Å². The highest BCUT2D eigenvalue weighted by Gasteiger charge is 2.27. The molecule has 0 rings (SSSR count). The van der Waals surface area contributed by atoms with Crippen LogP contribution in [-0.2, 0) is 0 Å². The molecule has 86 valence electrons. The van der Waals surface area contributed by atoms with Crippen LogP contribution < -0.4 is 5.73 Å². The van der Waals surface area contributed by atoms with Gasteiger partial charge in [-0.05, 0) is 31.7 Å². The Bertz CT molecular complexity index is 136. The summed E-state index contributed by atoms with van der Waals surface area (Å²) >= 11 is 0. The smallest absolute Gasteiger partial charge is 0.0668 e. The molecule has 14 heavy (non-hydrogen) atoms. The molecule has 0 bridgehead atoms. The summed E-state index contributed by atoms with van der Waals surface area (Å²) in [5, 5.41) is 10.2. The van der Waals surface area contributed by atoms with E-state index in [1.165, 1.54) is 12.8 Å². The van der Waals surface area contributed by atoms with E-state index in [0.29, 0.717) is 5.92 Å². The first kappa shape index (κ1) is 13.9. The van der Waals surface area contributed by atoms with Gasteiger partial charge in [0.1, 0.15) is 0 Å². The molecule has 0 aromatic rings. The van der Waals surface area contributed by atoms with Gasteiger partial charge in [-0.3, -0.25) is 0 Å². The number of rotatable bonds is 8. The lowest BCUT2D eigenvalue weighted by Crippen LogP contribution is -2.33. The molecule has 0 amide bonds. The average Bonchev–Trinajstić information content (AvgIpc) is 2.17. The molecular weight excluding hydrogens is 174 g/mol. The van der Waals surface area contributed by atoms with Gasteiger partial charge >= 0.3 is 0 Å². The number of aliphatic hydroxyl groups is 1. The van der Waals surface area contributed by atoms with Gasteiger partial charge < -0.3 is 10.8 Å². The molecule has 0 saturated heterocycles. The molecule has 0 heterocycles. The molecule has 0 aliphatic heterocycles. The highest BCUT2D eigenvalue weighted by molar-refractivity contribution is 4.79. The number of nitrogens with two attached hydrogens (primary N) is 1. The van der Waals surface area contributed by atoms with Crippen LogP contribution in [0.25, 0.3) is 0 Å². The molecule has 0 aromatic carbocycles. The molecule has 2 nitrogen and oxygen atoms in total. The van der Waals surface area contributed by atoms with Crippen LogP contribution in [-0.4, -0.2) is 17.3 Å². The van der Waals surface area contributed by atoms with Gasteiger partial charge in [0.05, 0.1) is 5.60 Å². The van der Waals surface area contributed by atoms with E-state index in [0.717, 1.165) is 32.2 Å². The second kappa shape index (κ2) is 7.24. The Balaban J connectivity index is 3.63. The summed E-state index contributed by atoms with van der Waals surface area (Å²) in [5.74, 6) is 0.363. The van der Waals surface area contributed by atoms with E-state index in [1.807, 2.05) is 0 Å². The van der Waals surface area contributed by atoms with Crippen LogP contribution in [0.1, 0.15) is 59.3 Å². The predicted octanol–water partition coefficient (Wildman–Crippen LogP) is 2.69. The normalized spacial score (nSPS) is 15.9. The zero-order chi connectivity index (χ0) is 11.0. The van der Waals surface area contributed by atoms with Crippen molar-refractivity contribution in [3.63, 3.8) is 0 Å². The predicted molar refractivity (Wildman–Crippen MR) is 62.2 cm³/mol. The van der Waals surface area contributed by atoms with Crippen molar-refractivity contribution in [2.24, 2.45) is 11.7 Å². The minimum absolute atomic E-state index is 0.363. The molecule has 0 saturated carbocycles. The third kappa shape index (κ3) is 4.97. The molecule has 2 heteroatoms. The first-order valence-electron chi connectivity index (χ1n) is 5.99. The number of hydrogen-bond donors (Lipinski definition) is 2. The molecule has 1 atom stereocenters. The monoisotopic (exact) mass is 201 g/mol. The topological polar surface area (TPSA) is 46.2 Å². The molecule has 3 N–H and O–H groups in total. The summed E-state index contributed by atoms with van der Waals surface area (Å²) < 4.78 is 0. The Labute approximate surface area is 88.9 Å². The maximum absolute atomic E-state index is 10.2. The summed E-state index contributed by atoms with van der Waals surface area (Å²) in [6.45, 7) is 7.06. The van der Waals surface area contributed by atoms with Crippen LogP contribution in [0.4, 0.5) is 0 Å². The van der Waals surface area contributed by atoms with Crippen LogP contribution in [0.5, 0.6) is 0 Å². The molecule has 0 radical (unpaired) electrons. The fraction of sp³-hybridized carbons (Fsp3) is 1.00. The maximum atomic E-state index is 10.2. The van der Waals surface area contributed by atoms with Crippen LogP contribution >= 0.6 is 0 Å². The van der Waals surface area contributed by atoms with Gasteiger partial charge in [-0.25, -0.2) is 0 Å². The molecular formula is C12H27NO. The zero-order valence-electron chi connectivity index (χ0n) is 10.1. The third-order valence-electron chi connectivity index (χ3n) is 3.25. The lowest BCUT2D eigenvalue weighted by Gasteiger charge is -2.31. The average molecular weight is 201 g/mol. The van der Waals surface area contributed by atoms with Crippen molar-refractivity contribution in [2.75, 3.05) is 6.54 Å². The minimum atomic E-state index is -0.442. The number of unbranched alkanes of at least 4 members (excludes halogenated alkanes) is 3. The van der Waals surface area contributed by atoms with E-state index < -0.39 is 5.60 Å². The molecule has 1 unspecified atom stereocenters. The van der Waals surface area contributed by atoms with Gasteiger partial charge in [-0.1, -0.05) is 40.0 Å². The SMILES string of the molecule is CCC(O)(CCCCCCN)C(C)C. The van der Waals surface area contributed by atoms with Crippen molar-refractivity contribution in [2.45, 2.75) is 64.9 Å². The largest absolute Gasteiger partial charge is 0.390 e. The van der Waals surface area contributed by atoms with Crippen molar-refractivity contribution in [3.8, 4) is 0 Å². The van der Waals surface area contributed by atoms with E-state index in [4.69, 9.17) is 5.73 Å². The van der Waals surface area contributed by atoms with Crippen LogP contribution in [0.2, 0.25) is 0 Å².